The molecule has 0 unspecified atom stereocenters. The molecule has 0 heterocycles. The van der Waals surface area contributed by atoms with Gasteiger partial charge in [0.15, 0.2) is 0 Å². The third-order valence-electron chi connectivity index (χ3n) is 1.39. The van der Waals surface area contributed by atoms with Crippen LogP contribution in [0.1, 0.15) is 0 Å². The van der Waals surface area contributed by atoms with E-state index in [0.717, 1.165) is 0 Å². The maximum absolute atomic E-state index is 11.2. The molecule has 1 aromatic rings. The van der Waals surface area contributed by atoms with E-state index in [1.165, 1.54) is 12.1 Å². The Morgan fingerprint density at radius 2 is 2.14 bits per heavy atom. The van der Waals surface area contributed by atoms with Gasteiger partial charge in [-0.15, -0.1) is 0 Å². The zero-order chi connectivity index (χ0) is 10.6. The molecule has 1 rings (SSSR count). The number of nitrogens with two attached hydrogens (primary N) is 1. The van der Waals surface area contributed by atoms with Crippen LogP contribution in [0, 0.1) is 0 Å². The fourth-order valence-electron chi connectivity index (χ4n) is 0.851. The van der Waals surface area contributed by atoms with Gasteiger partial charge in [-0.05, 0) is 12.1 Å². The molecule has 0 aliphatic carbocycles. The van der Waals surface area contributed by atoms with Crippen molar-refractivity contribution in [3.05, 3.63) is 29.3 Å². The van der Waals surface area contributed by atoms with Gasteiger partial charge in [0, 0.05) is 17.6 Å². The van der Waals surface area contributed by atoms with Crippen molar-refractivity contribution in [1.82, 2.24) is 0 Å². The van der Waals surface area contributed by atoms with Crippen LogP contribution < -0.4 is 9.92 Å². The molecule has 0 atom stereocenters. The lowest BCUT2D eigenvalue weighted by molar-refractivity contribution is 0.486. The Morgan fingerprint density at radius 3 is 2.71 bits per heavy atom. The fourth-order valence-corrected chi connectivity index (χ4v) is 1.80. The molecule has 2 N–H and O–H groups in total. The Labute approximate surface area is 87.8 Å². The molecule has 78 valence electrons. The summed E-state index contributed by atoms with van der Waals surface area (Å²) in [6.45, 7) is 0.0307. The van der Waals surface area contributed by atoms with Crippen LogP contribution in [-0.4, -0.2) is 20.7 Å². The largest absolute Gasteiger partial charge is 0.382 e. The summed E-state index contributed by atoms with van der Waals surface area (Å²) in [4.78, 5) is 0. The van der Waals surface area contributed by atoms with E-state index in [0.29, 0.717) is 5.02 Å². The van der Waals surface area contributed by atoms with Gasteiger partial charge < -0.3 is 9.92 Å². The Hall–Kier alpha value is -0.780. The smallest absolute Gasteiger partial charge is 0.310 e. The van der Waals surface area contributed by atoms with Crippen LogP contribution in [0.25, 0.3) is 0 Å². The summed E-state index contributed by atoms with van der Waals surface area (Å²) in [6, 6.07) is 6.18. The van der Waals surface area contributed by atoms with Crippen molar-refractivity contribution in [3.8, 4) is 5.75 Å². The molecular formula is C8H10ClNO3S. The Morgan fingerprint density at radius 1 is 1.43 bits per heavy atom. The van der Waals surface area contributed by atoms with E-state index >= 15 is 0 Å². The second kappa shape index (κ2) is 4.63. The van der Waals surface area contributed by atoms with Crippen LogP contribution in [0.4, 0.5) is 0 Å². The van der Waals surface area contributed by atoms with Gasteiger partial charge in [0.25, 0.3) is 0 Å². The number of halogens is 1. The van der Waals surface area contributed by atoms with Gasteiger partial charge in [0.2, 0.25) is 0 Å². The van der Waals surface area contributed by atoms with E-state index < -0.39 is 10.1 Å². The van der Waals surface area contributed by atoms with E-state index in [1.54, 1.807) is 12.1 Å². The molecule has 0 aliphatic heterocycles. The number of hydrogen-bond acceptors (Lipinski definition) is 4. The highest BCUT2D eigenvalue weighted by molar-refractivity contribution is 7.87. The summed E-state index contributed by atoms with van der Waals surface area (Å²) in [5.41, 5.74) is 5.11. The molecule has 0 amide bonds. The third kappa shape index (κ3) is 3.53. The molecule has 0 aromatic heterocycles. The Balaban J connectivity index is 2.79. The van der Waals surface area contributed by atoms with Crippen molar-refractivity contribution in [2.24, 2.45) is 5.73 Å². The van der Waals surface area contributed by atoms with Crippen LogP contribution in [0.15, 0.2) is 24.3 Å². The molecule has 0 bridgehead atoms. The van der Waals surface area contributed by atoms with Gasteiger partial charge in [-0.1, -0.05) is 17.7 Å². The lowest BCUT2D eigenvalue weighted by Crippen LogP contribution is -2.20. The summed E-state index contributed by atoms with van der Waals surface area (Å²) in [7, 11) is -3.59. The average Bonchev–Trinajstić information content (AvgIpc) is 2.02. The Bertz CT molecular complexity index is 405. The second-order valence-corrected chi connectivity index (χ2v) is 4.72. The first-order valence-corrected chi connectivity index (χ1v) is 5.87. The molecule has 4 nitrogen and oxygen atoms in total. The fraction of sp³-hybridized carbons (Fsp3) is 0.250. The highest BCUT2D eigenvalue weighted by Gasteiger charge is 2.11. The predicted molar refractivity (Wildman–Crippen MR) is 54.9 cm³/mol. The quantitative estimate of drug-likeness (QED) is 0.791. The minimum atomic E-state index is -3.59. The molecule has 0 aliphatic rings. The normalized spacial score (nSPS) is 11.3. The molecular weight excluding hydrogens is 226 g/mol. The predicted octanol–water partition coefficient (Wildman–Crippen LogP) is 1.01. The number of hydrogen-bond donors (Lipinski definition) is 1. The molecule has 0 saturated carbocycles. The van der Waals surface area contributed by atoms with Crippen LogP contribution in [0.5, 0.6) is 5.75 Å². The summed E-state index contributed by atoms with van der Waals surface area (Å²) in [6.07, 6.45) is 0. The summed E-state index contributed by atoms with van der Waals surface area (Å²) >= 11 is 5.65. The third-order valence-corrected chi connectivity index (χ3v) is 2.80. The van der Waals surface area contributed by atoms with Crippen LogP contribution in [0.3, 0.4) is 0 Å². The summed E-state index contributed by atoms with van der Waals surface area (Å²) in [5.74, 6) is -0.00886. The van der Waals surface area contributed by atoms with E-state index in [-0.39, 0.29) is 18.0 Å². The van der Waals surface area contributed by atoms with Crippen LogP contribution in [0.2, 0.25) is 5.02 Å². The number of benzene rings is 1. The zero-order valence-electron chi connectivity index (χ0n) is 7.31. The van der Waals surface area contributed by atoms with E-state index in [2.05, 4.69) is 0 Å². The molecule has 0 radical (unpaired) electrons. The molecule has 0 saturated heterocycles. The highest BCUT2D eigenvalue weighted by atomic mass is 35.5. The molecule has 6 heteroatoms. The van der Waals surface area contributed by atoms with Crippen molar-refractivity contribution < 1.29 is 12.6 Å². The molecule has 0 fully saturated rings. The summed E-state index contributed by atoms with van der Waals surface area (Å²) in [5, 5.41) is 0.422. The van der Waals surface area contributed by atoms with Gasteiger partial charge >= 0.3 is 10.1 Å². The molecule has 1 aromatic carbocycles. The van der Waals surface area contributed by atoms with E-state index in [4.69, 9.17) is 21.5 Å². The standard InChI is InChI=1S/C8H10ClNO3S/c9-7-2-1-3-8(6-7)13-14(11,12)5-4-10/h1-3,6H,4-5,10H2. The topological polar surface area (TPSA) is 69.4 Å². The second-order valence-electron chi connectivity index (χ2n) is 2.59. The minimum absolute atomic E-state index is 0.0307. The van der Waals surface area contributed by atoms with E-state index in [9.17, 15) is 8.42 Å². The van der Waals surface area contributed by atoms with Gasteiger partial charge in [-0.3, -0.25) is 0 Å². The lowest BCUT2D eigenvalue weighted by Gasteiger charge is -2.05. The van der Waals surface area contributed by atoms with Gasteiger partial charge in [-0.2, -0.15) is 8.42 Å². The molecule has 0 spiro atoms. The Kier molecular flexibility index (Phi) is 3.74. The van der Waals surface area contributed by atoms with Gasteiger partial charge in [-0.25, -0.2) is 0 Å². The zero-order valence-corrected chi connectivity index (χ0v) is 8.88. The first-order valence-electron chi connectivity index (χ1n) is 3.91. The van der Waals surface area contributed by atoms with Crippen molar-refractivity contribution in [1.29, 1.82) is 0 Å². The monoisotopic (exact) mass is 235 g/mol. The molecule has 14 heavy (non-hydrogen) atoms. The van der Waals surface area contributed by atoms with Gasteiger partial charge in [0.05, 0.1) is 5.75 Å². The van der Waals surface area contributed by atoms with Crippen molar-refractivity contribution in [2.45, 2.75) is 0 Å². The lowest BCUT2D eigenvalue weighted by atomic mass is 10.3. The summed E-state index contributed by atoms with van der Waals surface area (Å²) < 4.78 is 27.1. The van der Waals surface area contributed by atoms with Crippen LogP contribution in [-0.2, 0) is 10.1 Å². The van der Waals surface area contributed by atoms with Crippen molar-refractivity contribution in [2.75, 3.05) is 12.3 Å². The number of rotatable bonds is 4. The minimum Gasteiger partial charge on any atom is -0.382 e. The van der Waals surface area contributed by atoms with Crippen LogP contribution >= 0.6 is 11.6 Å². The van der Waals surface area contributed by atoms with E-state index in [1.807, 2.05) is 0 Å². The average molecular weight is 236 g/mol. The van der Waals surface area contributed by atoms with Crippen molar-refractivity contribution >= 4 is 21.7 Å². The van der Waals surface area contributed by atoms with Crippen molar-refractivity contribution in [3.63, 3.8) is 0 Å². The first-order chi connectivity index (χ1) is 6.53. The first kappa shape index (κ1) is 11.3. The maximum Gasteiger partial charge on any atom is 0.310 e. The maximum atomic E-state index is 11.2. The van der Waals surface area contributed by atoms with Gasteiger partial charge in [0.1, 0.15) is 5.75 Å². The highest BCUT2D eigenvalue weighted by Crippen LogP contribution is 2.18. The SMILES string of the molecule is NCCS(=O)(=O)Oc1cccc(Cl)c1.